The summed E-state index contributed by atoms with van der Waals surface area (Å²) in [6.45, 7) is 3.97. The summed E-state index contributed by atoms with van der Waals surface area (Å²) in [7, 11) is 0. The van der Waals surface area contributed by atoms with E-state index in [1.807, 2.05) is 46.7 Å². The molecule has 0 saturated heterocycles. The second-order valence-electron chi connectivity index (χ2n) is 5.80. The topological polar surface area (TPSA) is 75.4 Å². The van der Waals surface area contributed by atoms with Crippen LogP contribution in [0, 0.1) is 0 Å². The van der Waals surface area contributed by atoms with Gasteiger partial charge in [0.1, 0.15) is 17.2 Å². The summed E-state index contributed by atoms with van der Waals surface area (Å²) in [4.78, 5) is 19.0. The summed E-state index contributed by atoms with van der Waals surface area (Å²) >= 11 is 0. The number of nitrogens with one attached hydrogen (secondary N) is 1. The first-order valence-corrected chi connectivity index (χ1v) is 8.07. The first-order valence-electron chi connectivity index (χ1n) is 8.07. The maximum absolute atomic E-state index is 12.8. The highest BCUT2D eigenvalue weighted by Crippen LogP contribution is 2.20. The average molecular weight is 322 g/mol. The van der Waals surface area contributed by atoms with Gasteiger partial charge in [-0.3, -0.25) is 4.79 Å². The van der Waals surface area contributed by atoms with Crippen LogP contribution in [0.2, 0.25) is 0 Å². The number of pyridine rings is 1. The third-order valence-corrected chi connectivity index (χ3v) is 4.17. The van der Waals surface area contributed by atoms with Crippen molar-refractivity contribution in [2.75, 3.05) is 18.4 Å². The zero-order valence-electron chi connectivity index (χ0n) is 13.4. The van der Waals surface area contributed by atoms with Crippen molar-refractivity contribution >= 4 is 17.4 Å². The molecule has 0 spiro atoms. The molecule has 3 aromatic heterocycles. The highest BCUT2D eigenvalue weighted by molar-refractivity contribution is 5.93. The molecule has 4 heterocycles. The number of carbonyl (C=O) groups excluding carboxylic acids is 1. The molecular weight excluding hydrogens is 304 g/mol. The summed E-state index contributed by atoms with van der Waals surface area (Å²) in [5.41, 5.74) is 3.26. The molecule has 0 aromatic carbocycles. The smallest absolute Gasteiger partial charge is 0.274 e. The van der Waals surface area contributed by atoms with Gasteiger partial charge in [-0.2, -0.15) is 5.10 Å². The number of imidazole rings is 1. The van der Waals surface area contributed by atoms with Crippen molar-refractivity contribution in [3.8, 4) is 0 Å². The number of fused-ring (bicyclic) bond motifs is 2. The molecule has 0 atom stereocenters. The van der Waals surface area contributed by atoms with Gasteiger partial charge < -0.3 is 14.6 Å². The molecule has 1 N–H and O–H groups in total. The Labute approximate surface area is 139 Å². The van der Waals surface area contributed by atoms with Gasteiger partial charge in [0.25, 0.3) is 5.91 Å². The predicted molar refractivity (Wildman–Crippen MR) is 89.8 cm³/mol. The molecule has 0 saturated carbocycles. The van der Waals surface area contributed by atoms with Crippen LogP contribution >= 0.6 is 0 Å². The van der Waals surface area contributed by atoms with Crippen LogP contribution in [0.3, 0.4) is 0 Å². The van der Waals surface area contributed by atoms with E-state index in [2.05, 4.69) is 20.5 Å². The number of hydrogen-bond acceptors (Lipinski definition) is 5. The minimum absolute atomic E-state index is 0.0498. The van der Waals surface area contributed by atoms with E-state index in [0.29, 0.717) is 25.2 Å². The van der Waals surface area contributed by atoms with E-state index in [1.165, 1.54) is 0 Å². The minimum atomic E-state index is -0.0498. The molecule has 0 aliphatic carbocycles. The number of aromatic nitrogens is 4. The van der Waals surface area contributed by atoms with Crippen LogP contribution in [-0.2, 0) is 13.0 Å². The second kappa shape index (κ2) is 5.92. The van der Waals surface area contributed by atoms with E-state index < -0.39 is 0 Å². The van der Waals surface area contributed by atoms with Gasteiger partial charge in [0.05, 0.1) is 5.69 Å². The fraction of sp³-hybridized carbons (Fsp3) is 0.294. The zero-order valence-corrected chi connectivity index (χ0v) is 13.4. The normalized spacial score (nSPS) is 13.8. The molecule has 4 rings (SSSR count). The highest BCUT2D eigenvalue weighted by Gasteiger charge is 2.25. The molecule has 0 unspecified atom stereocenters. The van der Waals surface area contributed by atoms with E-state index in [0.717, 1.165) is 29.3 Å². The Morgan fingerprint density at radius 1 is 1.33 bits per heavy atom. The van der Waals surface area contributed by atoms with E-state index >= 15 is 0 Å². The van der Waals surface area contributed by atoms with Crippen LogP contribution in [0.25, 0.3) is 5.65 Å². The Bertz CT molecular complexity index is 870. The average Bonchev–Trinajstić information content (AvgIpc) is 3.05. The largest absolute Gasteiger partial charge is 0.369 e. The SMILES string of the molecule is CCNc1cc2c(nn1)CCN(C(=O)c1cn3ccccc3n1)C2. The zero-order chi connectivity index (χ0) is 16.5. The van der Waals surface area contributed by atoms with Crippen LogP contribution in [0.5, 0.6) is 0 Å². The standard InChI is InChI=1S/C17H18N6O/c1-2-18-15-9-12-10-23(8-6-13(12)20-21-15)17(24)14-11-22-7-4-3-5-16(22)19-14/h3-5,7,9,11H,2,6,8,10H2,1H3,(H,18,21). The first kappa shape index (κ1) is 14.6. The van der Waals surface area contributed by atoms with Gasteiger partial charge >= 0.3 is 0 Å². The van der Waals surface area contributed by atoms with Crippen LogP contribution in [0.4, 0.5) is 5.82 Å². The maximum Gasteiger partial charge on any atom is 0.274 e. The molecule has 122 valence electrons. The van der Waals surface area contributed by atoms with Gasteiger partial charge in [-0.25, -0.2) is 4.98 Å². The number of rotatable bonds is 3. The van der Waals surface area contributed by atoms with Gasteiger partial charge in [0.15, 0.2) is 0 Å². The van der Waals surface area contributed by atoms with Gasteiger partial charge in [0, 0.05) is 38.4 Å². The van der Waals surface area contributed by atoms with E-state index in [4.69, 9.17) is 0 Å². The van der Waals surface area contributed by atoms with E-state index in [-0.39, 0.29) is 5.91 Å². The third kappa shape index (κ3) is 2.58. The molecule has 0 bridgehead atoms. The fourth-order valence-electron chi connectivity index (χ4n) is 2.97. The van der Waals surface area contributed by atoms with Gasteiger partial charge in [0.2, 0.25) is 0 Å². The highest BCUT2D eigenvalue weighted by atomic mass is 16.2. The summed E-state index contributed by atoms with van der Waals surface area (Å²) in [6, 6.07) is 7.70. The molecule has 7 heteroatoms. The molecule has 7 nitrogen and oxygen atoms in total. The van der Waals surface area contributed by atoms with Crippen molar-refractivity contribution in [1.29, 1.82) is 0 Å². The van der Waals surface area contributed by atoms with E-state index in [9.17, 15) is 4.79 Å². The summed E-state index contributed by atoms with van der Waals surface area (Å²) in [6.07, 6.45) is 4.39. The molecule has 3 aromatic rings. The van der Waals surface area contributed by atoms with Crippen molar-refractivity contribution in [1.82, 2.24) is 24.5 Å². The molecular formula is C17H18N6O. The minimum Gasteiger partial charge on any atom is -0.369 e. The Hall–Kier alpha value is -2.96. The van der Waals surface area contributed by atoms with Crippen molar-refractivity contribution in [3.05, 3.63) is 53.6 Å². The third-order valence-electron chi connectivity index (χ3n) is 4.17. The molecule has 0 fully saturated rings. The molecule has 1 amide bonds. The lowest BCUT2D eigenvalue weighted by molar-refractivity contribution is 0.0728. The summed E-state index contributed by atoms with van der Waals surface area (Å²) < 4.78 is 1.86. The monoisotopic (exact) mass is 322 g/mol. The van der Waals surface area contributed by atoms with Gasteiger partial charge in [-0.1, -0.05) is 6.07 Å². The molecule has 1 aliphatic heterocycles. The lowest BCUT2D eigenvalue weighted by Crippen LogP contribution is -2.36. The summed E-state index contributed by atoms with van der Waals surface area (Å²) in [5.74, 6) is 0.699. The number of nitrogens with zero attached hydrogens (tertiary/aromatic N) is 5. The Balaban J connectivity index is 1.59. The van der Waals surface area contributed by atoms with Crippen molar-refractivity contribution in [2.24, 2.45) is 0 Å². The first-order chi connectivity index (χ1) is 11.7. The van der Waals surface area contributed by atoms with Crippen LogP contribution < -0.4 is 5.32 Å². The number of hydrogen-bond donors (Lipinski definition) is 1. The summed E-state index contributed by atoms with van der Waals surface area (Å²) in [5, 5.41) is 11.6. The fourth-order valence-corrected chi connectivity index (χ4v) is 2.97. The van der Waals surface area contributed by atoms with Gasteiger partial charge in [-0.05, 0) is 30.7 Å². The second-order valence-corrected chi connectivity index (χ2v) is 5.80. The molecule has 1 aliphatic rings. The number of carbonyl (C=O) groups is 1. The Morgan fingerprint density at radius 3 is 3.08 bits per heavy atom. The van der Waals surface area contributed by atoms with Crippen LogP contribution in [-0.4, -0.2) is 43.5 Å². The number of amides is 1. The van der Waals surface area contributed by atoms with Crippen molar-refractivity contribution in [3.63, 3.8) is 0 Å². The lowest BCUT2D eigenvalue weighted by Gasteiger charge is -2.27. The van der Waals surface area contributed by atoms with Crippen LogP contribution in [0.1, 0.15) is 28.7 Å². The Morgan fingerprint density at radius 2 is 2.25 bits per heavy atom. The predicted octanol–water partition coefficient (Wildman–Crippen LogP) is 1.75. The lowest BCUT2D eigenvalue weighted by atomic mass is 10.1. The van der Waals surface area contributed by atoms with Crippen molar-refractivity contribution < 1.29 is 4.79 Å². The quantitative estimate of drug-likeness (QED) is 0.795. The number of anilines is 1. The van der Waals surface area contributed by atoms with E-state index in [1.54, 1.807) is 6.20 Å². The Kier molecular flexibility index (Phi) is 3.60. The maximum atomic E-state index is 12.8. The van der Waals surface area contributed by atoms with Crippen molar-refractivity contribution in [2.45, 2.75) is 19.9 Å². The molecule has 0 radical (unpaired) electrons. The molecule has 24 heavy (non-hydrogen) atoms. The van der Waals surface area contributed by atoms with Gasteiger partial charge in [-0.15, -0.1) is 5.10 Å². The van der Waals surface area contributed by atoms with Crippen LogP contribution in [0.15, 0.2) is 36.7 Å².